The van der Waals surface area contributed by atoms with E-state index in [1.54, 1.807) is 0 Å². The van der Waals surface area contributed by atoms with E-state index >= 15 is 0 Å². The number of alkyl carbamates (subject to hydrolysis) is 1. The molecule has 3 nitrogen and oxygen atoms in total. The van der Waals surface area contributed by atoms with E-state index in [1.807, 2.05) is 0 Å². The molecule has 0 heterocycles. The molecular formula is C9H17NO2. The zero-order valence-corrected chi connectivity index (χ0v) is 7.80. The van der Waals surface area contributed by atoms with E-state index in [2.05, 4.69) is 17.0 Å². The van der Waals surface area contributed by atoms with Crippen LogP contribution >= 0.6 is 0 Å². The number of amides is 1. The molecule has 2 unspecified atom stereocenters. The van der Waals surface area contributed by atoms with Gasteiger partial charge < -0.3 is 10.1 Å². The smallest absolute Gasteiger partial charge is 0.407 e. The number of hydrogen-bond donors (Lipinski definition) is 1. The minimum absolute atomic E-state index is 0.295. The maximum absolute atomic E-state index is 10.8. The van der Waals surface area contributed by atoms with Crippen LogP contribution in [0.3, 0.4) is 0 Å². The Morgan fingerprint density at radius 1 is 1.58 bits per heavy atom. The average molecular weight is 171 g/mol. The van der Waals surface area contributed by atoms with Crippen molar-refractivity contribution in [3.63, 3.8) is 0 Å². The van der Waals surface area contributed by atoms with Gasteiger partial charge >= 0.3 is 6.09 Å². The van der Waals surface area contributed by atoms with Crippen molar-refractivity contribution in [1.82, 2.24) is 5.32 Å². The summed E-state index contributed by atoms with van der Waals surface area (Å²) in [6, 6.07) is 0.349. The molecule has 1 fully saturated rings. The summed E-state index contributed by atoms with van der Waals surface area (Å²) in [4.78, 5) is 10.8. The Morgan fingerprint density at radius 2 is 2.33 bits per heavy atom. The fourth-order valence-corrected chi connectivity index (χ4v) is 1.80. The first-order chi connectivity index (χ1) is 5.76. The van der Waals surface area contributed by atoms with E-state index in [4.69, 9.17) is 0 Å². The summed E-state index contributed by atoms with van der Waals surface area (Å²) in [6.07, 6.45) is 4.39. The minimum Gasteiger partial charge on any atom is -0.453 e. The Balaban J connectivity index is 2.23. The van der Waals surface area contributed by atoms with Crippen LogP contribution in [0.25, 0.3) is 0 Å². The second kappa shape index (κ2) is 4.33. The quantitative estimate of drug-likeness (QED) is 0.689. The van der Waals surface area contributed by atoms with Gasteiger partial charge in [-0.25, -0.2) is 4.79 Å². The topological polar surface area (TPSA) is 38.3 Å². The molecule has 0 saturated heterocycles. The van der Waals surface area contributed by atoms with E-state index in [0.717, 1.165) is 18.8 Å². The summed E-state index contributed by atoms with van der Waals surface area (Å²) in [5.41, 5.74) is 0. The zero-order valence-electron chi connectivity index (χ0n) is 7.80. The Morgan fingerprint density at radius 3 is 2.83 bits per heavy atom. The molecular weight excluding hydrogens is 154 g/mol. The number of carbonyl (C=O) groups excluding carboxylic acids is 1. The number of carbonyl (C=O) groups is 1. The first-order valence-electron chi connectivity index (χ1n) is 4.60. The average Bonchev–Trinajstić information content (AvgIpc) is 2.52. The maximum Gasteiger partial charge on any atom is 0.407 e. The van der Waals surface area contributed by atoms with Crippen molar-refractivity contribution in [3.05, 3.63) is 0 Å². The van der Waals surface area contributed by atoms with Gasteiger partial charge in [0, 0.05) is 6.04 Å². The second-order valence-electron chi connectivity index (χ2n) is 3.42. The van der Waals surface area contributed by atoms with Gasteiger partial charge in [0.15, 0.2) is 0 Å². The van der Waals surface area contributed by atoms with Crippen LogP contribution < -0.4 is 5.32 Å². The van der Waals surface area contributed by atoms with Gasteiger partial charge in [-0.05, 0) is 25.2 Å². The predicted molar refractivity (Wildman–Crippen MR) is 47.0 cm³/mol. The van der Waals surface area contributed by atoms with Crippen LogP contribution in [0.4, 0.5) is 4.79 Å². The summed E-state index contributed by atoms with van der Waals surface area (Å²) in [5.74, 6) is 0.798. The summed E-state index contributed by atoms with van der Waals surface area (Å²) < 4.78 is 4.53. The zero-order chi connectivity index (χ0) is 8.97. The molecule has 3 heteroatoms. The van der Waals surface area contributed by atoms with Gasteiger partial charge in [-0.2, -0.15) is 0 Å². The monoisotopic (exact) mass is 171 g/mol. The van der Waals surface area contributed by atoms with Gasteiger partial charge in [-0.1, -0.05) is 13.3 Å². The van der Waals surface area contributed by atoms with Crippen LogP contribution in [-0.4, -0.2) is 19.2 Å². The van der Waals surface area contributed by atoms with Crippen LogP contribution in [0.2, 0.25) is 0 Å². The Labute approximate surface area is 73.5 Å². The van der Waals surface area contributed by atoms with Gasteiger partial charge in [-0.15, -0.1) is 0 Å². The molecule has 0 bridgehead atoms. The molecule has 0 spiro atoms. The van der Waals surface area contributed by atoms with Crippen LogP contribution in [0.5, 0.6) is 0 Å². The number of hydrogen-bond acceptors (Lipinski definition) is 2. The van der Waals surface area contributed by atoms with Crippen molar-refractivity contribution in [3.8, 4) is 0 Å². The highest BCUT2D eigenvalue weighted by atomic mass is 16.5. The third kappa shape index (κ3) is 2.40. The van der Waals surface area contributed by atoms with Gasteiger partial charge in [0.1, 0.15) is 0 Å². The van der Waals surface area contributed by atoms with Crippen molar-refractivity contribution in [2.24, 2.45) is 5.92 Å². The summed E-state index contributed by atoms with van der Waals surface area (Å²) in [7, 11) is 1.40. The third-order valence-electron chi connectivity index (χ3n) is 2.63. The number of ether oxygens (including phenoxy) is 1. The molecule has 0 aromatic rings. The molecule has 0 radical (unpaired) electrons. The molecule has 1 N–H and O–H groups in total. The molecule has 0 aliphatic heterocycles. The van der Waals surface area contributed by atoms with Gasteiger partial charge in [-0.3, -0.25) is 0 Å². The molecule has 1 saturated carbocycles. The molecule has 12 heavy (non-hydrogen) atoms. The van der Waals surface area contributed by atoms with E-state index < -0.39 is 0 Å². The van der Waals surface area contributed by atoms with Crippen molar-refractivity contribution in [1.29, 1.82) is 0 Å². The van der Waals surface area contributed by atoms with Crippen LogP contribution in [-0.2, 0) is 4.74 Å². The lowest BCUT2D eigenvalue weighted by Crippen LogP contribution is -2.32. The van der Waals surface area contributed by atoms with Crippen LogP contribution in [0.15, 0.2) is 0 Å². The van der Waals surface area contributed by atoms with E-state index in [0.29, 0.717) is 6.04 Å². The molecule has 0 aromatic heterocycles. The molecule has 1 rings (SSSR count). The van der Waals surface area contributed by atoms with Crippen LogP contribution in [0, 0.1) is 5.92 Å². The van der Waals surface area contributed by atoms with Crippen molar-refractivity contribution in [2.75, 3.05) is 7.11 Å². The lowest BCUT2D eigenvalue weighted by Gasteiger charge is -2.10. The number of nitrogens with one attached hydrogen (secondary N) is 1. The van der Waals surface area contributed by atoms with Crippen molar-refractivity contribution >= 4 is 6.09 Å². The minimum atomic E-state index is -0.295. The highest BCUT2D eigenvalue weighted by molar-refractivity contribution is 5.67. The van der Waals surface area contributed by atoms with Gasteiger partial charge in [0.2, 0.25) is 0 Å². The lowest BCUT2D eigenvalue weighted by molar-refractivity contribution is 0.166. The SMILES string of the molecule is CCC1CCC(NC(=O)OC)C1. The predicted octanol–water partition coefficient (Wildman–Crippen LogP) is 1.92. The highest BCUT2D eigenvalue weighted by Crippen LogP contribution is 2.27. The standard InChI is InChI=1S/C9H17NO2/c1-3-7-4-5-8(6-7)10-9(11)12-2/h7-8H,3-6H2,1-2H3,(H,10,11). The highest BCUT2D eigenvalue weighted by Gasteiger charge is 2.24. The fraction of sp³-hybridized carbons (Fsp3) is 0.889. The third-order valence-corrected chi connectivity index (χ3v) is 2.63. The van der Waals surface area contributed by atoms with Crippen molar-refractivity contribution in [2.45, 2.75) is 38.6 Å². The Bertz CT molecular complexity index is 159. The van der Waals surface area contributed by atoms with E-state index in [1.165, 1.54) is 20.0 Å². The van der Waals surface area contributed by atoms with Crippen LogP contribution in [0.1, 0.15) is 32.6 Å². The van der Waals surface area contributed by atoms with E-state index in [-0.39, 0.29) is 6.09 Å². The number of methoxy groups -OCH3 is 1. The van der Waals surface area contributed by atoms with Gasteiger partial charge in [0.05, 0.1) is 7.11 Å². The first-order valence-corrected chi connectivity index (χ1v) is 4.60. The largest absolute Gasteiger partial charge is 0.453 e. The molecule has 70 valence electrons. The van der Waals surface area contributed by atoms with Gasteiger partial charge in [0.25, 0.3) is 0 Å². The molecule has 0 aromatic carbocycles. The van der Waals surface area contributed by atoms with E-state index in [9.17, 15) is 4.79 Å². The Hall–Kier alpha value is -0.730. The molecule has 1 aliphatic carbocycles. The Kier molecular flexibility index (Phi) is 3.38. The molecule has 1 amide bonds. The summed E-state index contributed by atoms with van der Waals surface area (Å²) in [6.45, 7) is 2.20. The first kappa shape index (κ1) is 9.36. The summed E-state index contributed by atoms with van der Waals surface area (Å²) >= 11 is 0. The summed E-state index contributed by atoms with van der Waals surface area (Å²) in [5, 5.41) is 2.83. The molecule has 2 atom stereocenters. The molecule has 1 aliphatic rings. The lowest BCUT2D eigenvalue weighted by atomic mass is 10.1. The maximum atomic E-state index is 10.8. The normalized spacial score (nSPS) is 28.5. The van der Waals surface area contributed by atoms with Crippen molar-refractivity contribution < 1.29 is 9.53 Å². The fourth-order valence-electron chi connectivity index (χ4n) is 1.80. The number of rotatable bonds is 2. The second-order valence-corrected chi connectivity index (χ2v) is 3.42.